The van der Waals surface area contributed by atoms with Gasteiger partial charge < -0.3 is 4.90 Å². The van der Waals surface area contributed by atoms with Gasteiger partial charge in [0.2, 0.25) is 6.41 Å². The molecule has 2 rings (SSSR count). The van der Waals surface area contributed by atoms with Crippen molar-refractivity contribution < 1.29 is 4.79 Å². The number of carbonyl (C=O) groups is 1. The van der Waals surface area contributed by atoms with Crippen LogP contribution in [0.5, 0.6) is 0 Å². The molecule has 0 fully saturated rings. The van der Waals surface area contributed by atoms with Crippen LogP contribution >= 0.6 is 15.9 Å². The van der Waals surface area contributed by atoms with E-state index in [0.717, 1.165) is 30.1 Å². The number of hydrogen-bond donors (Lipinski definition) is 0. The third-order valence-corrected chi connectivity index (χ3v) is 3.54. The maximum atomic E-state index is 10.8. The zero-order valence-corrected chi connectivity index (χ0v) is 10.3. The van der Waals surface area contributed by atoms with Crippen molar-refractivity contribution in [2.45, 2.75) is 25.3 Å². The fourth-order valence-electron chi connectivity index (χ4n) is 2.24. The molecule has 0 bridgehead atoms. The van der Waals surface area contributed by atoms with Crippen LogP contribution in [0.1, 0.15) is 30.0 Å². The highest BCUT2D eigenvalue weighted by atomic mass is 79.9. The zero-order chi connectivity index (χ0) is 10.8. The fraction of sp³-hybridized carbons (Fsp3) is 0.417. The van der Waals surface area contributed by atoms with Crippen molar-refractivity contribution in [2.24, 2.45) is 0 Å². The largest absolute Gasteiger partial charge is 0.341 e. The lowest BCUT2D eigenvalue weighted by molar-refractivity contribution is -0.119. The monoisotopic (exact) mass is 267 g/mol. The molecule has 1 aliphatic rings. The number of nitrogens with zero attached hydrogens (tertiary/aromatic N) is 1. The van der Waals surface area contributed by atoms with E-state index in [4.69, 9.17) is 0 Å². The van der Waals surface area contributed by atoms with Crippen molar-refractivity contribution in [3.05, 3.63) is 33.8 Å². The van der Waals surface area contributed by atoms with Gasteiger partial charge in [-0.05, 0) is 42.5 Å². The normalized spacial score (nSPS) is 19.5. The first-order valence-electron chi connectivity index (χ1n) is 5.18. The Morgan fingerprint density at radius 3 is 3.07 bits per heavy atom. The molecule has 0 spiro atoms. The predicted octanol–water partition coefficient (Wildman–Crippen LogP) is 2.91. The highest BCUT2D eigenvalue weighted by Crippen LogP contribution is 2.34. The summed E-state index contributed by atoms with van der Waals surface area (Å²) >= 11 is 3.48. The van der Waals surface area contributed by atoms with Gasteiger partial charge >= 0.3 is 0 Å². The second-order valence-corrected chi connectivity index (χ2v) is 4.94. The molecule has 80 valence electrons. The number of amides is 1. The highest BCUT2D eigenvalue weighted by Gasteiger charge is 2.22. The summed E-state index contributed by atoms with van der Waals surface area (Å²) < 4.78 is 1.09. The molecule has 15 heavy (non-hydrogen) atoms. The Bertz CT molecular complexity index is 378. The molecule has 0 aromatic heterocycles. The van der Waals surface area contributed by atoms with Crippen molar-refractivity contribution in [1.82, 2.24) is 4.90 Å². The average Bonchev–Trinajstić information content (AvgIpc) is 2.27. The van der Waals surface area contributed by atoms with Gasteiger partial charge in [0.15, 0.2) is 0 Å². The van der Waals surface area contributed by atoms with Crippen molar-refractivity contribution in [3.8, 4) is 0 Å². The van der Waals surface area contributed by atoms with Crippen LogP contribution in [0.3, 0.4) is 0 Å². The third-order valence-electron chi connectivity index (χ3n) is 3.05. The molecule has 0 N–H and O–H groups in total. The Morgan fingerprint density at radius 2 is 2.33 bits per heavy atom. The predicted molar refractivity (Wildman–Crippen MR) is 63.6 cm³/mol. The standard InChI is InChI=1S/C12H14BrNO/c1-14(8-15)12-4-2-3-9-5-6-10(13)7-11(9)12/h5-8,12H,2-4H2,1H3/t12-/m1/s1. The molecule has 1 aromatic rings. The maximum Gasteiger partial charge on any atom is 0.209 e. The molecular formula is C12H14BrNO. The van der Waals surface area contributed by atoms with Gasteiger partial charge in [0.05, 0.1) is 6.04 Å². The van der Waals surface area contributed by atoms with E-state index >= 15 is 0 Å². The number of aryl methyl sites for hydroxylation is 1. The van der Waals surface area contributed by atoms with E-state index in [9.17, 15) is 4.79 Å². The van der Waals surface area contributed by atoms with Crippen LogP contribution in [-0.2, 0) is 11.2 Å². The molecule has 0 radical (unpaired) electrons. The molecule has 1 aromatic carbocycles. The van der Waals surface area contributed by atoms with Crippen molar-refractivity contribution >= 4 is 22.3 Å². The quantitative estimate of drug-likeness (QED) is 0.755. The number of halogens is 1. The Kier molecular flexibility index (Phi) is 3.10. The van der Waals surface area contributed by atoms with Crippen LogP contribution < -0.4 is 0 Å². The summed E-state index contributed by atoms with van der Waals surface area (Å²) in [5, 5.41) is 0. The number of fused-ring (bicyclic) bond motifs is 1. The minimum Gasteiger partial charge on any atom is -0.341 e. The van der Waals surface area contributed by atoms with Crippen LogP contribution in [0.2, 0.25) is 0 Å². The first-order chi connectivity index (χ1) is 7.22. The van der Waals surface area contributed by atoms with Crippen LogP contribution in [-0.4, -0.2) is 18.4 Å². The lowest BCUT2D eigenvalue weighted by atomic mass is 9.87. The molecule has 3 heteroatoms. The van der Waals surface area contributed by atoms with Crippen molar-refractivity contribution in [1.29, 1.82) is 0 Å². The summed E-state index contributed by atoms with van der Waals surface area (Å²) in [5.74, 6) is 0. The van der Waals surface area contributed by atoms with Crippen LogP contribution in [0.15, 0.2) is 22.7 Å². The SMILES string of the molecule is CN(C=O)[C@@H]1CCCc2ccc(Br)cc21. The second kappa shape index (κ2) is 4.35. The molecule has 2 nitrogen and oxygen atoms in total. The average molecular weight is 268 g/mol. The molecule has 0 aliphatic heterocycles. The molecule has 1 amide bonds. The van der Waals surface area contributed by atoms with Gasteiger partial charge in [-0.15, -0.1) is 0 Å². The van der Waals surface area contributed by atoms with Crippen molar-refractivity contribution in [2.75, 3.05) is 7.05 Å². The van der Waals surface area contributed by atoms with E-state index in [1.54, 1.807) is 4.90 Å². The van der Waals surface area contributed by atoms with Gasteiger partial charge in [0.25, 0.3) is 0 Å². The van der Waals surface area contributed by atoms with Gasteiger partial charge in [0, 0.05) is 11.5 Å². The molecule has 0 unspecified atom stereocenters. The van der Waals surface area contributed by atoms with E-state index in [-0.39, 0.29) is 6.04 Å². The van der Waals surface area contributed by atoms with Crippen LogP contribution in [0, 0.1) is 0 Å². The molecular weight excluding hydrogens is 254 g/mol. The minimum absolute atomic E-state index is 0.253. The van der Waals surface area contributed by atoms with Crippen LogP contribution in [0.4, 0.5) is 0 Å². The van der Waals surface area contributed by atoms with Crippen LogP contribution in [0.25, 0.3) is 0 Å². The summed E-state index contributed by atoms with van der Waals surface area (Å²) in [7, 11) is 1.85. The molecule has 1 atom stereocenters. The maximum absolute atomic E-state index is 10.8. The third kappa shape index (κ3) is 2.07. The Hall–Kier alpha value is -0.830. The minimum atomic E-state index is 0.253. The van der Waals surface area contributed by atoms with E-state index < -0.39 is 0 Å². The van der Waals surface area contributed by atoms with E-state index in [1.165, 1.54) is 11.1 Å². The zero-order valence-electron chi connectivity index (χ0n) is 8.74. The molecule has 1 aliphatic carbocycles. The number of hydrogen-bond acceptors (Lipinski definition) is 1. The van der Waals surface area contributed by atoms with Gasteiger partial charge in [-0.25, -0.2) is 0 Å². The summed E-state index contributed by atoms with van der Waals surface area (Å²) in [5.41, 5.74) is 2.67. The van der Waals surface area contributed by atoms with Gasteiger partial charge in [-0.1, -0.05) is 22.0 Å². The Labute approximate surface area is 98.4 Å². The summed E-state index contributed by atoms with van der Waals surface area (Å²) in [4.78, 5) is 12.6. The lowest BCUT2D eigenvalue weighted by Crippen LogP contribution is -2.26. The first kappa shape index (κ1) is 10.7. The highest BCUT2D eigenvalue weighted by molar-refractivity contribution is 9.10. The number of benzene rings is 1. The Balaban J connectivity index is 2.40. The number of rotatable bonds is 2. The second-order valence-electron chi connectivity index (χ2n) is 4.02. The summed E-state index contributed by atoms with van der Waals surface area (Å²) in [6, 6.07) is 6.62. The van der Waals surface area contributed by atoms with E-state index in [0.29, 0.717) is 0 Å². The topological polar surface area (TPSA) is 20.3 Å². The fourth-order valence-corrected chi connectivity index (χ4v) is 2.62. The molecule has 0 heterocycles. The summed E-state index contributed by atoms with van der Waals surface area (Å²) in [6.45, 7) is 0. The molecule has 0 saturated carbocycles. The van der Waals surface area contributed by atoms with E-state index in [1.807, 2.05) is 7.05 Å². The molecule has 0 saturated heterocycles. The smallest absolute Gasteiger partial charge is 0.209 e. The van der Waals surface area contributed by atoms with Crippen molar-refractivity contribution in [3.63, 3.8) is 0 Å². The van der Waals surface area contributed by atoms with Gasteiger partial charge in [-0.3, -0.25) is 4.79 Å². The summed E-state index contributed by atoms with van der Waals surface area (Å²) in [6.07, 6.45) is 4.28. The first-order valence-corrected chi connectivity index (χ1v) is 5.97. The Morgan fingerprint density at radius 1 is 1.53 bits per heavy atom. The van der Waals surface area contributed by atoms with Gasteiger partial charge in [0.1, 0.15) is 0 Å². The van der Waals surface area contributed by atoms with E-state index in [2.05, 4.69) is 34.1 Å². The number of carbonyl (C=O) groups excluding carboxylic acids is 1. The van der Waals surface area contributed by atoms with Gasteiger partial charge in [-0.2, -0.15) is 0 Å². The lowest BCUT2D eigenvalue weighted by Gasteiger charge is -2.31.